The number of carbonyl (C=O) groups is 1. The molecule has 1 heterocycles. The Hall–Kier alpha value is -2.08. The third-order valence-corrected chi connectivity index (χ3v) is 4.18. The second-order valence-electron chi connectivity index (χ2n) is 6.05. The second-order valence-corrected chi connectivity index (χ2v) is 6.45. The molecule has 1 aromatic carbocycles. The molecular formula is C18H25N3O2S. The predicted molar refractivity (Wildman–Crippen MR) is 101 cm³/mol. The lowest BCUT2D eigenvalue weighted by Gasteiger charge is -2.30. The lowest BCUT2D eigenvalue weighted by Crippen LogP contribution is -2.45. The molecule has 1 aliphatic rings. The van der Waals surface area contributed by atoms with E-state index < -0.39 is 0 Å². The Morgan fingerprint density at radius 3 is 2.54 bits per heavy atom. The Balaban J connectivity index is 2.28. The van der Waals surface area contributed by atoms with E-state index in [2.05, 4.69) is 17.6 Å². The fourth-order valence-electron chi connectivity index (χ4n) is 2.57. The van der Waals surface area contributed by atoms with E-state index in [1.165, 1.54) is 0 Å². The second kappa shape index (κ2) is 8.15. The molecule has 0 fully saturated rings. The molecule has 0 spiro atoms. The van der Waals surface area contributed by atoms with Crippen LogP contribution < -0.4 is 15.5 Å². The number of carbonyl (C=O) groups excluding carboxylic acids is 1. The molecule has 1 unspecified atom stereocenters. The summed E-state index contributed by atoms with van der Waals surface area (Å²) in [4.78, 5) is 14.6. The summed E-state index contributed by atoms with van der Waals surface area (Å²) in [5, 5.41) is 6.72. The van der Waals surface area contributed by atoms with E-state index in [4.69, 9.17) is 17.0 Å². The van der Waals surface area contributed by atoms with E-state index >= 15 is 0 Å². The fraction of sp³-hybridized carbons (Fsp3) is 0.444. The Labute approximate surface area is 149 Å². The van der Waals surface area contributed by atoms with Gasteiger partial charge in [0.15, 0.2) is 5.11 Å². The predicted octanol–water partition coefficient (Wildman–Crippen LogP) is 2.89. The first-order chi connectivity index (χ1) is 11.4. The summed E-state index contributed by atoms with van der Waals surface area (Å²) in [6, 6.07) is 7.76. The molecule has 0 bridgehead atoms. The number of hydrogen-bond acceptors (Lipinski definition) is 4. The van der Waals surface area contributed by atoms with E-state index in [1.54, 1.807) is 0 Å². The van der Waals surface area contributed by atoms with Crippen LogP contribution in [0.25, 0.3) is 0 Å². The van der Waals surface area contributed by atoms with Crippen molar-refractivity contribution < 1.29 is 9.53 Å². The van der Waals surface area contributed by atoms with Crippen molar-refractivity contribution in [3.05, 3.63) is 41.1 Å². The first-order valence-electron chi connectivity index (χ1n) is 8.16. The van der Waals surface area contributed by atoms with Crippen molar-refractivity contribution in [3.63, 3.8) is 0 Å². The summed E-state index contributed by atoms with van der Waals surface area (Å²) < 4.78 is 5.41. The molecule has 1 aliphatic heterocycles. The highest BCUT2D eigenvalue weighted by atomic mass is 32.1. The quantitative estimate of drug-likeness (QED) is 0.469. The van der Waals surface area contributed by atoms with E-state index in [1.807, 2.05) is 50.2 Å². The maximum Gasteiger partial charge on any atom is 0.338 e. The Morgan fingerprint density at radius 1 is 1.29 bits per heavy atom. The number of nitrogens with one attached hydrogen (secondary N) is 2. The third-order valence-electron chi connectivity index (χ3n) is 3.96. The number of nitrogens with zero attached hydrogens (tertiary/aromatic N) is 1. The standard InChI is InChI=1S/C18H25N3O2S/c1-5-6-11-23-17(22)15-12(2)19-18(24)20-16(15)13-7-9-14(10-8-13)21(3)4/h7-10,16H,5-6,11H2,1-4H3,(H2,19,20,24). The molecule has 1 atom stereocenters. The molecule has 0 amide bonds. The number of unbranched alkanes of at least 4 members (excludes halogenated alkanes) is 1. The van der Waals surface area contributed by atoms with Crippen molar-refractivity contribution in [1.82, 2.24) is 10.6 Å². The molecule has 5 nitrogen and oxygen atoms in total. The summed E-state index contributed by atoms with van der Waals surface area (Å²) in [6.45, 7) is 4.35. The van der Waals surface area contributed by atoms with Crippen molar-refractivity contribution in [2.75, 3.05) is 25.6 Å². The van der Waals surface area contributed by atoms with Crippen molar-refractivity contribution in [2.24, 2.45) is 0 Å². The molecule has 0 saturated carbocycles. The van der Waals surface area contributed by atoms with Gasteiger partial charge in [-0.25, -0.2) is 4.79 Å². The van der Waals surface area contributed by atoms with Gasteiger partial charge in [0.25, 0.3) is 0 Å². The van der Waals surface area contributed by atoms with Gasteiger partial charge in [-0.15, -0.1) is 0 Å². The highest BCUT2D eigenvalue weighted by molar-refractivity contribution is 7.80. The number of rotatable bonds is 6. The average Bonchev–Trinajstić information content (AvgIpc) is 2.54. The zero-order chi connectivity index (χ0) is 17.7. The zero-order valence-electron chi connectivity index (χ0n) is 14.7. The minimum absolute atomic E-state index is 0.301. The molecule has 2 rings (SSSR count). The average molecular weight is 347 g/mol. The highest BCUT2D eigenvalue weighted by Gasteiger charge is 2.30. The van der Waals surface area contributed by atoms with E-state index in [0.717, 1.165) is 29.8 Å². The van der Waals surface area contributed by atoms with Crippen molar-refractivity contribution in [2.45, 2.75) is 32.7 Å². The van der Waals surface area contributed by atoms with Crippen LogP contribution in [0, 0.1) is 0 Å². The van der Waals surface area contributed by atoms with Crippen molar-refractivity contribution >= 4 is 29.0 Å². The zero-order valence-corrected chi connectivity index (χ0v) is 15.5. The number of esters is 1. The summed E-state index contributed by atoms with van der Waals surface area (Å²) >= 11 is 5.26. The molecule has 0 radical (unpaired) electrons. The number of benzene rings is 1. The summed E-state index contributed by atoms with van der Waals surface area (Å²) in [5.41, 5.74) is 3.40. The largest absolute Gasteiger partial charge is 0.462 e. The molecule has 0 aliphatic carbocycles. The first kappa shape index (κ1) is 18.3. The maximum absolute atomic E-state index is 12.5. The molecule has 2 N–H and O–H groups in total. The molecular weight excluding hydrogens is 322 g/mol. The molecule has 130 valence electrons. The lowest BCUT2D eigenvalue weighted by molar-refractivity contribution is -0.139. The van der Waals surface area contributed by atoms with Gasteiger partial charge in [0.2, 0.25) is 0 Å². The Bertz CT molecular complexity index is 638. The van der Waals surface area contributed by atoms with E-state index in [-0.39, 0.29) is 12.0 Å². The van der Waals surface area contributed by atoms with Crippen LogP contribution in [0.2, 0.25) is 0 Å². The van der Waals surface area contributed by atoms with Gasteiger partial charge in [0, 0.05) is 25.5 Å². The minimum Gasteiger partial charge on any atom is -0.462 e. The third kappa shape index (κ3) is 4.26. The van der Waals surface area contributed by atoms with Crippen LogP contribution in [0.5, 0.6) is 0 Å². The Kier molecular flexibility index (Phi) is 6.20. The van der Waals surface area contributed by atoms with Crippen LogP contribution in [-0.4, -0.2) is 31.8 Å². The molecule has 0 aromatic heterocycles. The van der Waals surface area contributed by atoms with Gasteiger partial charge in [0.05, 0.1) is 18.2 Å². The topological polar surface area (TPSA) is 53.6 Å². The molecule has 0 saturated heterocycles. The number of thiocarbonyl (C=S) groups is 1. The van der Waals surface area contributed by atoms with Gasteiger partial charge < -0.3 is 20.3 Å². The van der Waals surface area contributed by atoms with Crippen LogP contribution in [-0.2, 0) is 9.53 Å². The van der Waals surface area contributed by atoms with E-state index in [0.29, 0.717) is 17.3 Å². The fourth-order valence-corrected chi connectivity index (χ4v) is 2.84. The molecule has 1 aromatic rings. The first-order valence-corrected chi connectivity index (χ1v) is 8.57. The number of ether oxygens (including phenoxy) is 1. The van der Waals surface area contributed by atoms with Gasteiger partial charge in [-0.1, -0.05) is 25.5 Å². The monoisotopic (exact) mass is 347 g/mol. The van der Waals surface area contributed by atoms with Crippen molar-refractivity contribution in [1.29, 1.82) is 0 Å². The van der Waals surface area contributed by atoms with Gasteiger partial charge in [-0.2, -0.15) is 0 Å². The van der Waals surface area contributed by atoms with Gasteiger partial charge in [0.1, 0.15) is 0 Å². The van der Waals surface area contributed by atoms with Crippen LogP contribution in [0.15, 0.2) is 35.5 Å². The van der Waals surface area contributed by atoms with Crippen LogP contribution >= 0.6 is 12.2 Å². The smallest absolute Gasteiger partial charge is 0.338 e. The van der Waals surface area contributed by atoms with Gasteiger partial charge >= 0.3 is 5.97 Å². The minimum atomic E-state index is -0.302. The molecule has 6 heteroatoms. The lowest BCUT2D eigenvalue weighted by atomic mass is 9.95. The summed E-state index contributed by atoms with van der Waals surface area (Å²) in [6.07, 6.45) is 1.85. The Morgan fingerprint density at radius 2 is 1.96 bits per heavy atom. The van der Waals surface area contributed by atoms with Crippen LogP contribution in [0.3, 0.4) is 0 Å². The van der Waals surface area contributed by atoms with Crippen LogP contribution in [0.4, 0.5) is 5.69 Å². The highest BCUT2D eigenvalue weighted by Crippen LogP contribution is 2.28. The summed E-state index contributed by atoms with van der Waals surface area (Å²) in [7, 11) is 3.99. The number of hydrogen-bond donors (Lipinski definition) is 2. The molecule has 24 heavy (non-hydrogen) atoms. The van der Waals surface area contributed by atoms with Crippen LogP contribution in [0.1, 0.15) is 38.3 Å². The van der Waals surface area contributed by atoms with Gasteiger partial charge in [-0.3, -0.25) is 0 Å². The van der Waals surface area contributed by atoms with Gasteiger partial charge in [-0.05, 0) is 43.3 Å². The number of allylic oxidation sites excluding steroid dienone is 1. The SMILES string of the molecule is CCCCOC(=O)C1=C(C)NC(=S)NC1c1ccc(N(C)C)cc1. The van der Waals surface area contributed by atoms with Crippen molar-refractivity contribution in [3.8, 4) is 0 Å². The summed E-state index contributed by atoms with van der Waals surface area (Å²) in [5.74, 6) is -0.301. The van der Waals surface area contributed by atoms with E-state index in [9.17, 15) is 4.79 Å². The maximum atomic E-state index is 12.5. The number of anilines is 1. The normalized spacial score (nSPS) is 17.2.